The number of carbonyl (C=O) groups excluding carboxylic acids is 2. The average Bonchev–Trinajstić information content (AvgIpc) is 3.63. The number of amides is 2. The summed E-state index contributed by atoms with van der Waals surface area (Å²) in [4.78, 5) is 44.3. The fourth-order valence-electron chi connectivity index (χ4n) is 7.46. The SMILES string of the molecule is COc1ccc(C2CCC(CN(C(=O)C3CCC(OC(=O)NC4CCOCC4)CC3)c3cc(-c4cnc(C(C)C)s4)ccn3)CC2)nc1C. The molecule has 1 aliphatic heterocycles. The molecular formula is C38H51N5O5S. The minimum absolute atomic E-state index is 0.101. The third kappa shape index (κ3) is 8.97. The molecule has 0 unspecified atom stereocenters. The molecular weight excluding hydrogens is 639 g/mol. The van der Waals surface area contributed by atoms with Gasteiger partial charge in [-0.25, -0.2) is 14.8 Å². The number of pyridine rings is 2. The lowest BCUT2D eigenvalue weighted by molar-refractivity contribution is -0.124. The van der Waals surface area contributed by atoms with E-state index in [0.29, 0.717) is 69.0 Å². The zero-order valence-corrected chi connectivity index (χ0v) is 30.2. The molecule has 3 aromatic heterocycles. The Kier molecular flexibility index (Phi) is 11.8. The predicted molar refractivity (Wildman–Crippen MR) is 191 cm³/mol. The summed E-state index contributed by atoms with van der Waals surface area (Å²) >= 11 is 1.69. The van der Waals surface area contributed by atoms with Crippen LogP contribution in [0.15, 0.2) is 36.7 Å². The molecule has 3 fully saturated rings. The molecule has 1 N–H and O–H groups in total. The summed E-state index contributed by atoms with van der Waals surface area (Å²) in [6.45, 7) is 8.27. The molecule has 49 heavy (non-hydrogen) atoms. The van der Waals surface area contributed by atoms with Gasteiger partial charge in [0.15, 0.2) is 0 Å². The quantitative estimate of drug-likeness (QED) is 0.229. The van der Waals surface area contributed by atoms with Crippen molar-refractivity contribution in [3.05, 3.63) is 53.1 Å². The lowest BCUT2D eigenvalue weighted by Crippen LogP contribution is -2.43. The summed E-state index contributed by atoms with van der Waals surface area (Å²) in [6, 6.07) is 8.28. The van der Waals surface area contributed by atoms with Crippen molar-refractivity contribution in [1.29, 1.82) is 0 Å². The van der Waals surface area contributed by atoms with Crippen molar-refractivity contribution in [3.8, 4) is 16.2 Å². The Bertz CT molecular complexity index is 1560. The summed E-state index contributed by atoms with van der Waals surface area (Å²) < 4.78 is 16.6. The molecule has 4 heterocycles. The van der Waals surface area contributed by atoms with E-state index in [1.807, 2.05) is 36.4 Å². The predicted octanol–water partition coefficient (Wildman–Crippen LogP) is 7.81. The van der Waals surface area contributed by atoms with E-state index in [1.54, 1.807) is 18.4 Å². The topological polar surface area (TPSA) is 116 Å². The maximum absolute atomic E-state index is 14.4. The Morgan fingerprint density at radius 1 is 1.00 bits per heavy atom. The number of carbonyl (C=O) groups is 2. The summed E-state index contributed by atoms with van der Waals surface area (Å²) in [6.07, 6.45) is 11.7. The van der Waals surface area contributed by atoms with Crippen LogP contribution in [0.1, 0.15) is 106 Å². The molecule has 3 aliphatic rings. The zero-order chi connectivity index (χ0) is 34.3. The van der Waals surface area contributed by atoms with Crippen LogP contribution in [-0.2, 0) is 14.3 Å². The first kappa shape index (κ1) is 35.3. The van der Waals surface area contributed by atoms with Crippen LogP contribution in [-0.4, -0.2) is 66.0 Å². The van der Waals surface area contributed by atoms with E-state index in [9.17, 15) is 9.59 Å². The summed E-state index contributed by atoms with van der Waals surface area (Å²) in [7, 11) is 1.68. The van der Waals surface area contributed by atoms with E-state index < -0.39 is 0 Å². The second-order valence-corrected chi connectivity index (χ2v) is 15.3. The first-order valence-corrected chi connectivity index (χ1v) is 18.9. The number of alkyl carbamates (subject to hydrolysis) is 1. The number of hydrogen-bond donors (Lipinski definition) is 1. The number of thiazole rings is 1. The number of anilines is 1. The first-order chi connectivity index (χ1) is 23.8. The second-order valence-electron chi connectivity index (χ2n) is 14.2. The highest BCUT2D eigenvalue weighted by Gasteiger charge is 2.34. The van der Waals surface area contributed by atoms with Crippen LogP contribution in [0.4, 0.5) is 10.6 Å². The van der Waals surface area contributed by atoms with E-state index >= 15 is 0 Å². The normalized spacial score (nSPS) is 23.2. The second kappa shape index (κ2) is 16.4. The fraction of sp³-hybridized carbons (Fsp3) is 0.605. The third-order valence-electron chi connectivity index (χ3n) is 10.4. The molecule has 2 amide bonds. The molecule has 0 spiro atoms. The number of nitrogens with one attached hydrogen (secondary N) is 1. The Balaban J connectivity index is 1.13. The number of aryl methyl sites for hydroxylation is 1. The molecule has 0 atom stereocenters. The standard InChI is InChI=1S/C38H51N5O5S/c1-24(2)36-40-22-34(49-36)29-15-18-39-35(21-29)43(23-26-5-7-27(8-6-26)32-13-14-33(46-4)25(3)41-32)37(44)28-9-11-31(12-10-28)48-38(45)42-30-16-19-47-20-17-30/h13-15,18,21-22,24,26-28,30-31H,5-12,16-17,19-20,23H2,1-4H3,(H,42,45). The summed E-state index contributed by atoms with van der Waals surface area (Å²) in [5, 5.41) is 4.09. The number of rotatable bonds is 10. The number of nitrogens with zero attached hydrogens (tertiary/aromatic N) is 4. The van der Waals surface area contributed by atoms with Crippen molar-refractivity contribution in [2.45, 2.75) is 109 Å². The van der Waals surface area contributed by atoms with Gasteiger partial charge in [-0.2, -0.15) is 0 Å². The van der Waals surface area contributed by atoms with Gasteiger partial charge in [0, 0.05) is 61.6 Å². The van der Waals surface area contributed by atoms with Gasteiger partial charge in [0.2, 0.25) is 5.91 Å². The number of hydrogen-bond acceptors (Lipinski definition) is 9. The largest absolute Gasteiger partial charge is 0.495 e. The van der Waals surface area contributed by atoms with E-state index in [2.05, 4.69) is 36.3 Å². The van der Waals surface area contributed by atoms with Crippen LogP contribution in [0, 0.1) is 18.8 Å². The van der Waals surface area contributed by atoms with E-state index in [1.165, 1.54) is 0 Å². The van der Waals surface area contributed by atoms with Crippen molar-refractivity contribution in [3.63, 3.8) is 0 Å². The number of methoxy groups -OCH3 is 1. The van der Waals surface area contributed by atoms with E-state index in [4.69, 9.17) is 24.2 Å². The van der Waals surface area contributed by atoms with Gasteiger partial charge in [0.05, 0.1) is 22.7 Å². The summed E-state index contributed by atoms with van der Waals surface area (Å²) in [5.41, 5.74) is 3.08. The Morgan fingerprint density at radius 3 is 2.43 bits per heavy atom. The van der Waals surface area contributed by atoms with Crippen molar-refractivity contribution < 1.29 is 23.8 Å². The summed E-state index contributed by atoms with van der Waals surface area (Å²) in [5.74, 6) is 2.64. The van der Waals surface area contributed by atoms with Gasteiger partial charge < -0.3 is 19.5 Å². The van der Waals surface area contributed by atoms with Gasteiger partial charge in [0.25, 0.3) is 0 Å². The maximum Gasteiger partial charge on any atom is 0.407 e. The average molecular weight is 690 g/mol. The molecule has 2 aliphatic carbocycles. The van der Waals surface area contributed by atoms with Crippen LogP contribution >= 0.6 is 11.3 Å². The molecule has 3 aromatic rings. The van der Waals surface area contributed by atoms with Gasteiger partial charge >= 0.3 is 6.09 Å². The molecule has 6 rings (SSSR count). The minimum atomic E-state index is -0.358. The van der Waals surface area contributed by atoms with Crippen molar-refractivity contribution >= 4 is 29.2 Å². The van der Waals surface area contributed by atoms with Crippen molar-refractivity contribution in [2.24, 2.45) is 11.8 Å². The smallest absolute Gasteiger partial charge is 0.407 e. The Labute approximate surface area is 294 Å². The van der Waals surface area contributed by atoms with Gasteiger partial charge in [-0.3, -0.25) is 14.7 Å². The number of aromatic nitrogens is 3. The highest BCUT2D eigenvalue weighted by atomic mass is 32.1. The highest BCUT2D eigenvalue weighted by Crippen LogP contribution is 2.38. The van der Waals surface area contributed by atoms with Gasteiger partial charge in [0.1, 0.15) is 17.7 Å². The van der Waals surface area contributed by atoms with Gasteiger partial charge in [-0.15, -0.1) is 11.3 Å². The molecule has 264 valence electrons. The fourth-order valence-corrected chi connectivity index (χ4v) is 8.37. The van der Waals surface area contributed by atoms with Crippen LogP contribution in [0.3, 0.4) is 0 Å². The van der Waals surface area contributed by atoms with Gasteiger partial charge in [-0.05, 0) is 107 Å². The molecule has 0 bridgehead atoms. The molecule has 11 heteroatoms. The van der Waals surface area contributed by atoms with Crippen molar-refractivity contribution in [1.82, 2.24) is 20.3 Å². The van der Waals surface area contributed by atoms with Gasteiger partial charge in [-0.1, -0.05) is 13.8 Å². The minimum Gasteiger partial charge on any atom is -0.495 e. The Morgan fingerprint density at radius 2 is 1.76 bits per heavy atom. The van der Waals surface area contributed by atoms with Crippen molar-refractivity contribution in [2.75, 3.05) is 31.8 Å². The highest BCUT2D eigenvalue weighted by molar-refractivity contribution is 7.15. The number of ether oxygens (including phenoxy) is 3. The Hall–Kier alpha value is -3.57. The van der Waals surface area contributed by atoms with Crippen LogP contribution in [0.25, 0.3) is 10.4 Å². The monoisotopic (exact) mass is 689 g/mol. The lowest BCUT2D eigenvalue weighted by Gasteiger charge is -2.35. The van der Waals surface area contributed by atoms with Crippen LogP contribution in [0.5, 0.6) is 5.75 Å². The first-order valence-electron chi connectivity index (χ1n) is 18.1. The molecule has 1 saturated heterocycles. The van der Waals surface area contributed by atoms with Crippen LogP contribution < -0.4 is 15.0 Å². The van der Waals surface area contributed by atoms with E-state index in [-0.39, 0.29) is 30.1 Å². The lowest BCUT2D eigenvalue weighted by atomic mass is 9.79. The third-order valence-corrected chi connectivity index (χ3v) is 11.8. The van der Waals surface area contributed by atoms with E-state index in [0.717, 1.165) is 71.1 Å². The molecule has 0 radical (unpaired) electrons. The molecule has 0 aromatic carbocycles. The molecule has 2 saturated carbocycles. The zero-order valence-electron chi connectivity index (χ0n) is 29.4. The molecule has 10 nitrogen and oxygen atoms in total. The maximum atomic E-state index is 14.4. The van der Waals surface area contributed by atoms with Crippen LogP contribution in [0.2, 0.25) is 0 Å².